The maximum absolute atomic E-state index is 2.27. The zero-order valence-electron chi connectivity index (χ0n) is 11.9. The molecule has 0 aliphatic heterocycles. The van der Waals surface area contributed by atoms with Gasteiger partial charge in [0.05, 0.1) is 18.8 Å². The Morgan fingerprint density at radius 1 is 1.05 bits per heavy atom. The normalized spacial score (nSPS) is 11.2. The molecule has 0 atom stereocenters. The molecule has 0 saturated carbocycles. The molecule has 0 aliphatic rings. The maximum Gasteiger partial charge on any atom is 0.294 e. The first-order valence-corrected chi connectivity index (χ1v) is 6.62. The predicted molar refractivity (Wildman–Crippen MR) is 78.2 cm³/mol. The number of aryl methyl sites for hydroxylation is 3. The molecule has 2 heterocycles. The summed E-state index contributed by atoms with van der Waals surface area (Å²) in [5.74, 6) is 1.24. The summed E-state index contributed by atoms with van der Waals surface area (Å²) in [5, 5.41) is 0. The fourth-order valence-corrected chi connectivity index (χ4v) is 2.78. The van der Waals surface area contributed by atoms with Crippen molar-refractivity contribution >= 4 is 5.52 Å². The van der Waals surface area contributed by atoms with Gasteiger partial charge in [-0.25, -0.2) is 4.57 Å². The summed E-state index contributed by atoms with van der Waals surface area (Å²) < 4.78 is 4.46. The number of pyridine rings is 1. The standard InChI is InChI=1S/C17H19N2/c1-12-9-13(2)14(3)16(10-12)17-18(4)11-15-7-5-6-8-19(15)17/h5-11H,1-4H3/q+1. The van der Waals surface area contributed by atoms with Gasteiger partial charge in [0.1, 0.15) is 6.20 Å². The lowest BCUT2D eigenvalue weighted by Gasteiger charge is -2.07. The van der Waals surface area contributed by atoms with Crippen LogP contribution in [0, 0.1) is 20.8 Å². The quantitative estimate of drug-likeness (QED) is 0.586. The van der Waals surface area contributed by atoms with Crippen molar-refractivity contribution in [3.05, 3.63) is 59.4 Å². The topological polar surface area (TPSA) is 8.29 Å². The molecule has 0 spiro atoms. The average molecular weight is 251 g/mol. The van der Waals surface area contributed by atoms with Crippen LogP contribution in [-0.4, -0.2) is 4.40 Å². The molecule has 0 radical (unpaired) electrons. The molecule has 0 unspecified atom stereocenters. The Balaban J connectivity index is 2.39. The zero-order chi connectivity index (χ0) is 13.6. The van der Waals surface area contributed by atoms with Gasteiger partial charge in [-0.05, 0) is 55.7 Å². The number of benzene rings is 1. The zero-order valence-corrected chi connectivity index (χ0v) is 11.9. The summed E-state index contributed by atoms with van der Waals surface area (Å²) in [6.07, 6.45) is 4.30. The van der Waals surface area contributed by atoms with Crippen molar-refractivity contribution in [3.8, 4) is 11.4 Å². The molecule has 2 heteroatoms. The fraction of sp³-hybridized carbons (Fsp3) is 0.235. The summed E-state index contributed by atoms with van der Waals surface area (Å²) in [5.41, 5.74) is 6.54. The van der Waals surface area contributed by atoms with Crippen molar-refractivity contribution in [1.29, 1.82) is 0 Å². The van der Waals surface area contributed by atoms with Crippen molar-refractivity contribution in [2.75, 3.05) is 0 Å². The van der Waals surface area contributed by atoms with Crippen LogP contribution in [-0.2, 0) is 7.05 Å². The van der Waals surface area contributed by atoms with Gasteiger partial charge >= 0.3 is 0 Å². The van der Waals surface area contributed by atoms with Crippen LogP contribution in [0.25, 0.3) is 16.9 Å². The molecule has 96 valence electrons. The second-order valence-electron chi connectivity index (χ2n) is 5.31. The van der Waals surface area contributed by atoms with Crippen molar-refractivity contribution in [3.63, 3.8) is 0 Å². The van der Waals surface area contributed by atoms with Crippen LogP contribution >= 0.6 is 0 Å². The Labute approximate surface area is 113 Å². The number of aromatic nitrogens is 2. The van der Waals surface area contributed by atoms with Crippen LogP contribution in [0.5, 0.6) is 0 Å². The van der Waals surface area contributed by atoms with Crippen LogP contribution < -0.4 is 4.57 Å². The summed E-state index contributed by atoms with van der Waals surface area (Å²) in [6, 6.07) is 10.8. The molecule has 2 aromatic heterocycles. The lowest BCUT2D eigenvalue weighted by Crippen LogP contribution is -2.28. The van der Waals surface area contributed by atoms with Crippen molar-refractivity contribution in [2.24, 2.45) is 7.05 Å². The van der Waals surface area contributed by atoms with E-state index >= 15 is 0 Å². The van der Waals surface area contributed by atoms with Crippen LogP contribution in [0.1, 0.15) is 16.7 Å². The lowest BCUT2D eigenvalue weighted by molar-refractivity contribution is -0.658. The second-order valence-corrected chi connectivity index (χ2v) is 5.31. The van der Waals surface area contributed by atoms with E-state index in [4.69, 9.17) is 0 Å². The molecule has 0 amide bonds. The Hall–Kier alpha value is -2.09. The van der Waals surface area contributed by atoms with Gasteiger partial charge in [0.2, 0.25) is 0 Å². The highest BCUT2D eigenvalue weighted by Gasteiger charge is 2.20. The van der Waals surface area contributed by atoms with Crippen LogP contribution in [0.4, 0.5) is 0 Å². The van der Waals surface area contributed by atoms with Crippen LogP contribution in [0.2, 0.25) is 0 Å². The molecule has 0 saturated heterocycles. The maximum atomic E-state index is 2.27. The van der Waals surface area contributed by atoms with E-state index in [9.17, 15) is 0 Å². The number of rotatable bonds is 1. The largest absolute Gasteiger partial charge is 0.294 e. The molecule has 0 aliphatic carbocycles. The van der Waals surface area contributed by atoms with Crippen molar-refractivity contribution in [2.45, 2.75) is 20.8 Å². The van der Waals surface area contributed by atoms with E-state index in [2.05, 4.69) is 79.5 Å². The van der Waals surface area contributed by atoms with Gasteiger partial charge in [-0.1, -0.05) is 12.1 Å². The van der Waals surface area contributed by atoms with E-state index in [0.717, 1.165) is 0 Å². The molecule has 19 heavy (non-hydrogen) atoms. The molecular weight excluding hydrogens is 232 g/mol. The molecule has 3 aromatic rings. The first-order chi connectivity index (χ1) is 9.08. The first-order valence-electron chi connectivity index (χ1n) is 6.62. The highest BCUT2D eigenvalue weighted by Crippen LogP contribution is 2.25. The monoisotopic (exact) mass is 251 g/mol. The van der Waals surface area contributed by atoms with E-state index in [1.807, 2.05) is 0 Å². The molecule has 0 fully saturated rings. The highest BCUT2D eigenvalue weighted by molar-refractivity contribution is 5.65. The number of imidazole rings is 1. The number of nitrogens with zero attached hydrogens (tertiary/aromatic N) is 2. The van der Waals surface area contributed by atoms with Crippen LogP contribution in [0.15, 0.2) is 42.7 Å². The fourth-order valence-electron chi connectivity index (χ4n) is 2.78. The predicted octanol–water partition coefficient (Wildman–Crippen LogP) is 3.36. The van der Waals surface area contributed by atoms with E-state index in [-0.39, 0.29) is 0 Å². The van der Waals surface area contributed by atoms with Crippen molar-refractivity contribution < 1.29 is 4.57 Å². The van der Waals surface area contributed by atoms with E-state index < -0.39 is 0 Å². The number of hydrogen-bond donors (Lipinski definition) is 0. The molecule has 1 aromatic carbocycles. The number of fused-ring (bicyclic) bond motifs is 1. The summed E-state index contributed by atoms with van der Waals surface area (Å²) in [6.45, 7) is 6.54. The third kappa shape index (κ3) is 1.84. The Morgan fingerprint density at radius 2 is 1.84 bits per heavy atom. The highest BCUT2D eigenvalue weighted by atomic mass is 15.1. The SMILES string of the molecule is Cc1cc(C)c(C)c(-c2n3ccccc3c[n+]2C)c1. The molecule has 0 bridgehead atoms. The lowest BCUT2D eigenvalue weighted by atomic mass is 9.99. The van der Waals surface area contributed by atoms with Gasteiger partial charge in [-0.2, -0.15) is 4.40 Å². The average Bonchev–Trinajstić information content (AvgIpc) is 2.70. The van der Waals surface area contributed by atoms with Gasteiger partial charge < -0.3 is 0 Å². The van der Waals surface area contributed by atoms with Crippen LogP contribution in [0.3, 0.4) is 0 Å². The molecule has 2 nitrogen and oxygen atoms in total. The Bertz CT molecular complexity index is 766. The Morgan fingerprint density at radius 3 is 2.63 bits per heavy atom. The minimum atomic E-state index is 1.22. The molecule has 3 rings (SSSR count). The van der Waals surface area contributed by atoms with Gasteiger partial charge in [-0.15, -0.1) is 0 Å². The number of hydrogen-bond acceptors (Lipinski definition) is 0. The van der Waals surface area contributed by atoms with Gasteiger partial charge in [0.25, 0.3) is 5.82 Å². The van der Waals surface area contributed by atoms with E-state index in [0.29, 0.717) is 0 Å². The molecule has 0 N–H and O–H groups in total. The summed E-state index contributed by atoms with van der Waals surface area (Å²) in [4.78, 5) is 0. The van der Waals surface area contributed by atoms with Gasteiger partial charge in [0.15, 0.2) is 5.52 Å². The van der Waals surface area contributed by atoms with E-state index in [1.54, 1.807) is 0 Å². The summed E-state index contributed by atoms with van der Waals surface area (Å²) in [7, 11) is 2.11. The minimum Gasteiger partial charge on any atom is -0.232 e. The third-order valence-electron chi connectivity index (χ3n) is 3.83. The second kappa shape index (κ2) is 4.23. The summed E-state index contributed by atoms with van der Waals surface area (Å²) >= 11 is 0. The van der Waals surface area contributed by atoms with E-state index in [1.165, 1.54) is 33.6 Å². The van der Waals surface area contributed by atoms with Gasteiger partial charge in [-0.3, -0.25) is 0 Å². The Kier molecular flexibility index (Phi) is 2.67. The molecular formula is C17H19N2+. The van der Waals surface area contributed by atoms with Crippen molar-refractivity contribution in [1.82, 2.24) is 4.40 Å². The third-order valence-corrected chi connectivity index (χ3v) is 3.83. The smallest absolute Gasteiger partial charge is 0.232 e. The van der Waals surface area contributed by atoms with Gasteiger partial charge in [0, 0.05) is 0 Å². The first kappa shape index (κ1) is 12.0. The minimum absolute atomic E-state index is 1.22.